The fourth-order valence-electron chi connectivity index (χ4n) is 2.59. The van der Waals surface area contributed by atoms with Gasteiger partial charge in [0, 0.05) is 11.4 Å². The van der Waals surface area contributed by atoms with Gasteiger partial charge in [-0.3, -0.25) is 9.59 Å². The largest absolute Gasteiger partial charge is 0.396 e. The lowest BCUT2D eigenvalue weighted by Crippen LogP contribution is -2.56. The number of carbonyl (C=O) groups excluding carboxylic acids is 2. The van der Waals surface area contributed by atoms with Crippen molar-refractivity contribution in [1.82, 2.24) is 0 Å². The smallest absolute Gasteiger partial charge is 0.320 e. The molecule has 2 N–H and O–H groups in total. The van der Waals surface area contributed by atoms with Crippen LogP contribution in [0, 0.1) is 0 Å². The number of benzene rings is 2. The zero-order valence-corrected chi connectivity index (χ0v) is 15.4. The van der Waals surface area contributed by atoms with Crippen LogP contribution in [-0.4, -0.2) is 23.7 Å². The Morgan fingerprint density at radius 1 is 0.714 bits per heavy atom. The molecule has 2 amide bonds. The molecule has 0 spiro atoms. The Morgan fingerprint density at radius 2 is 1.04 bits per heavy atom. The molecular formula is C20H20F4N2O2. The van der Waals surface area contributed by atoms with Crippen LogP contribution in [0.4, 0.5) is 28.9 Å². The van der Waals surface area contributed by atoms with Crippen LogP contribution in [0.2, 0.25) is 0 Å². The van der Waals surface area contributed by atoms with Crippen LogP contribution in [0.1, 0.15) is 25.0 Å². The number of halogens is 4. The molecule has 2 aromatic carbocycles. The van der Waals surface area contributed by atoms with Crippen LogP contribution in [0.15, 0.2) is 48.5 Å². The summed E-state index contributed by atoms with van der Waals surface area (Å²) in [5.74, 6) is -15.0. The van der Waals surface area contributed by atoms with Crippen LogP contribution in [0.3, 0.4) is 0 Å². The summed E-state index contributed by atoms with van der Waals surface area (Å²) < 4.78 is 56.9. The fourth-order valence-corrected chi connectivity index (χ4v) is 2.59. The highest BCUT2D eigenvalue weighted by molar-refractivity contribution is 6.05. The van der Waals surface area contributed by atoms with Crippen LogP contribution < -0.4 is 10.6 Å². The molecule has 2 aromatic rings. The predicted molar refractivity (Wildman–Crippen MR) is 98.8 cm³/mol. The monoisotopic (exact) mass is 396 g/mol. The summed E-state index contributed by atoms with van der Waals surface area (Å²) in [5, 5.41) is 3.60. The van der Waals surface area contributed by atoms with Crippen molar-refractivity contribution < 1.29 is 27.2 Å². The fraction of sp³-hybridized carbons (Fsp3) is 0.300. The first kappa shape index (κ1) is 21.4. The molecule has 28 heavy (non-hydrogen) atoms. The van der Waals surface area contributed by atoms with E-state index in [2.05, 4.69) is 0 Å². The first-order valence-corrected chi connectivity index (χ1v) is 8.69. The number of amides is 2. The Labute approximate surface area is 159 Å². The molecule has 0 atom stereocenters. The third-order valence-corrected chi connectivity index (χ3v) is 4.26. The standard InChI is InChI=1S/C20H20F4N2O2/c1-3-13-9-5-7-11-15(13)25-17(27)19(21,22)20(23,24)18(28)26-16-12-8-6-10-14(16)4-2/h5-12H,3-4H2,1-2H3,(H,25,27)(H,26,28). The molecule has 0 fully saturated rings. The molecule has 2 rings (SSSR count). The number of hydrogen-bond acceptors (Lipinski definition) is 2. The van der Waals surface area contributed by atoms with E-state index in [9.17, 15) is 27.2 Å². The van der Waals surface area contributed by atoms with Crippen molar-refractivity contribution in [3.63, 3.8) is 0 Å². The van der Waals surface area contributed by atoms with Gasteiger partial charge in [0.15, 0.2) is 0 Å². The van der Waals surface area contributed by atoms with Crippen molar-refractivity contribution in [1.29, 1.82) is 0 Å². The van der Waals surface area contributed by atoms with Crippen molar-refractivity contribution in [2.24, 2.45) is 0 Å². The normalized spacial score (nSPS) is 11.8. The maximum absolute atomic E-state index is 14.2. The summed E-state index contributed by atoms with van der Waals surface area (Å²) in [7, 11) is 0. The van der Waals surface area contributed by atoms with E-state index in [0.717, 1.165) is 0 Å². The quantitative estimate of drug-likeness (QED) is 0.669. The minimum Gasteiger partial charge on any atom is -0.320 e. The van der Waals surface area contributed by atoms with E-state index in [1.54, 1.807) is 48.7 Å². The van der Waals surface area contributed by atoms with Gasteiger partial charge in [-0.05, 0) is 36.1 Å². The average Bonchev–Trinajstić information content (AvgIpc) is 2.68. The lowest BCUT2D eigenvalue weighted by atomic mass is 10.1. The van der Waals surface area contributed by atoms with E-state index >= 15 is 0 Å². The predicted octanol–water partition coefficient (Wildman–Crippen LogP) is 4.66. The Kier molecular flexibility index (Phi) is 6.43. The van der Waals surface area contributed by atoms with E-state index in [1.807, 2.05) is 0 Å². The van der Waals surface area contributed by atoms with Gasteiger partial charge in [0.1, 0.15) is 0 Å². The SMILES string of the molecule is CCc1ccccc1NC(=O)C(F)(F)C(F)(F)C(=O)Nc1ccccc1CC. The van der Waals surface area contributed by atoms with Crippen LogP contribution >= 0.6 is 0 Å². The van der Waals surface area contributed by atoms with Crippen molar-refractivity contribution in [3.05, 3.63) is 59.7 Å². The van der Waals surface area contributed by atoms with Gasteiger partial charge >= 0.3 is 23.7 Å². The third kappa shape index (κ3) is 4.16. The lowest BCUT2D eigenvalue weighted by Gasteiger charge is -2.25. The molecule has 0 unspecified atom stereocenters. The average molecular weight is 396 g/mol. The summed E-state index contributed by atoms with van der Waals surface area (Å²) in [6.07, 6.45) is 0.791. The summed E-state index contributed by atoms with van der Waals surface area (Å²) in [4.78, 5) is 23.8. The van der Waals surface area contributed by atoms with Gasteiger partial charge in [0.2, 0.25) is 0 Å². The summed E-state index contributed by atoms with van der Waals surface area (Å²) in [6.45, 7) is 3.44. The number of alkyl halides is 4. The molecule has 150 valence electrons. The Bertz CT molecular complexity index is 797. The molecule has 0 bridgehead atoms. The van der Waals surface area contributed by atoms with E-state index < -0.39 is 23.7 Å². The van der Waals surface area contributed by atoms with Crippen LogP contribution in [0.5, 0.6) is 0 Å². The van der Waals surface area contributed by atoms with Crippen molar-refractivity contribution >= 4 is 23.2 Å². The van der Waals surface area contributed by atoms with Gasteiger partial charge in [0.25, 0.3) is 0 Å². The second-order valence-electron chi connectivity index (χ2n) is 6.08. The van der Waals surface area contributed by atoms with Crippen LogP contribution in [0.25, 0.3) is 0 Å². The van der Waals surface area contributed by atoms with Crippen molar-refractivity contribution in [2.75, 3.05) is 10.6 Å². The zero-order valence-electron chi connectivity index (χ0n) is 15.4. The molecule has 0 saturated heterocycles. The van der Waals surface area contributed by atoms with Gasteiger partial charge in [-0.15, -0.1) is 0 Å². The molecule has 0 radical (unpaired) electrons. The highest BCUT2D eigenvalue weighted by Gasteiger charge is 2.67. The maximum atomic E-state index is 14.2. The van der Waals surface area contributed by atoms with Gasteiger partial charge in [-0.25, -0.2) is 0 Å². The minimum atomic E-state index is -5.25. The second-order valence-corrected chi connectivity index (χ2v) is 6.08. The summed E-state index contributed by atoms with van der Waals surface area (Å²) >= 11 is 0. The molecule has 8 heteroatoms. The first-order chi connectivity index (χ1) is 13.1. The summed E-state index contributed by atoms with van der Waals surface area (Å²) in [6, 6.07) is 12.0. The molecule has 0 aliphatic carbocycles. The van der Waals surface area contributed by atoms with Gasteiger partial charge in [0.05, 0.1) is 0 Å². The van der Waals surface area contributed by atoms with Crippen molar-refractivity contribution in [2.45, 2.75) is 38.5 Å². The maximum Gasteiger partial charge on any atom is 0.396 e. The van der Waals surface area contributed by atoms with E-state index in [0.29, 0.717) is 24.0 Å². The van der Waals surface area contributed by atoms with Crippen LogP contribution in [-0.2, 0) is 22.4 Å². The van der Waals surface area contributed by atoms with E-state index in [4.69, 9.17) is 0 Å². The number of nitrogens with one attached hydrogen (secondary N) is 2. The molecule has 4 nitrogen and oxygen atoms in total. The minimum absolute atomic E-state index is 0.0118. The molecule has 0 saturated carbocycles. The van der Waals surface area contributed by atoms with Gasteiger partial charge in [-0.1, -0.05) is 50.2 Å². The highest BCUT2D eigenvalue weighted by atomic mass is 19.3. The number of anilines is 2. The number of para-hydroxylation sites is 2. The first-order valence-electron chi connectivity index (χ1n) is 8.69. The number of rotatable bonds is 7. The third-order valence-electron chi connectivity index (χ3n) is 4.26. The zero-order chi connectivity index (χ0) is 20.9. The van der Waals surface area contributed by atoms with Gasteiger partial charge in [-0.2, -0.15) is 17.6 Å². The Morgan fingerprint density at radius 3 is 1.36 bits per heavy atom. The molecular weight excluding hydrogens is 376 g/mol. The number of hydrogen-bond donors (Lipinski definition) is 2. The molecule has 0 aliphatic heterocycles. The number of aryl methyl sites for hydroxylation is 2. The number of carbonyl (C=O) groups is 2. The van der Waals surface area contributed by atoms with E-state index in [-0.39, 0.29) is 11.4 Å². The van der Waals surface area contributed by atoms with E-state index in [1.165, 1.54) is 24.3 Å². The molecule has 0 aromatic heterocycles. The summed E-state index contributed by atoms with van der Waals surface area (Å²) in [5.41, 5.74) is 0.969. The van der Waals surface area contributed by atoms with Crippen molar-refractivity contribution in [3.8, 4) is 0 Å². The Hall–Kier alpha value is -2.90. The topological polar surface area (TPSA) is 58.2 Å². The molecule has 0 heterocycles. The second kappa shape index (κ2) is 8.41. The lowest BCUT2D eigenvalue weighted by molar-refractivity contribution is -0.204. The molecule has 0 aliphatic rings. The van der Waals surface area contributed by atoms with Gasteiger partial charge < -0.3 is 10.6 Å². The Balaban J connectivity index is 2.23. The highest BCUT2D eigenvalue weighted by Crippen LogP contribution is 2.37.